The molecule has 0 spiro atoms. The van der Waals surface area contributed by atoms with Crippen molar-refractivity contribution in [1.29, 1.82) is 0 Å². The van der Waals surface area contributed by atoms with Gasteiger partial charge in [-0.15, -0.1) is 11.3 Å². The van der Waals surface area contributed by atoms with Crippen LogP contribution in [0.2, 0.25) is 0 Å². The molecule has 1 aliphatic rings. The second-order valence-corrected chi connectivity index (χ2v) is 7.98. The zero-order chi connectivity index (χ0) is 19.5. The summed E-state index contributed by atoms with van der Waals surface area (Å²) >= 11 is 1.58. The van der Waals surface area contributed by atoms with Gasteiger partial charge in [0, 0.05) is 42.2 Å². The Labute approximate surface area is 167 Å². The highest BCUT2D eigenvalue weighted by Gasteiger charge is 2.27. The number of aryl methyl sites for hydroxylation is 2. The zero-order valence-electron chi connectivity index (χ0n) is 15.8. The summed E-state index contributed by atoms with van der Waals surface area (Å²) in [6.45, 7) is 5.26. The number of carbonyl (C=O) groups is 1. The molecule has 3 aromatic rings. The third-order valence-corrected chi connectivity index (χ3v) is 5.39. The molecule has 3 aromatic heterocycles. The molecule has 4 heterocycles. The first-order valence-electron chi connectivity index (χ1n) is 9.12. The third kappa shape index (κ3) is 4.28. The van der Waals surface area contributed by atoms with Gasteiger partial charge in [-0.05, 0) is 38.5 Å². The predicted molar refractivity (Wildman–Crippen MR) is 109 cm³/mol. The number of nitrogens with zero attached hydrogens (tertiary/aromatic N) is 4. The molecule has 0 aliphatic carbocycles. The lowest BCUT2D eigenvalue weighted by Gasteiger charge is -2.15. The number of hydrogen-bond donors (Lipinski definition) is 1. The highest BCUT2D eigenvalue weighted by molar-refractivity contribution is 7.15. The Balaban J connectivity index is 1.44. The maximum atomic E-state index is 12.4. The number of nitrogens with one attached hydrogen (secondary N) is 1. The van der Waals surface area contributed by atoms with Crippen LogP contribution in [0.25, 0.3) is 6.08 Å². The highest BCUT2D eigenvalue weighted by atomic mass is 32.1. The van der Waals surface area contributed by atoms with Crippen LogP contribution < -0.4 is 5.32 Å². The average Bonchev–Trinajstić information content (AvgIpc) is 3.41. The van der Waals surface area contributed by atoms with Crippen LogP contribution in [0, 0.1) is 13.8 Å². The molecule has 1 N–H and O–H groups in total. The molecule has 1 unspecified atom stereocenters. The first-order chi connectivity index (χ1) is 13.6. The predicted octanol–water partition coefficient (Wildman–Crippen LogP) is 3.92. The van der Waals surface area contributed by atoms with Gasteiger partial charge in [-0.3, -0.25) is 4.79 Å². The number of furan rings is 1. The largest absolute Gasteiger partial charge is 0.465 e. The summed E-state index contributed by atoms with van der Waals surface area (Å²) < 4.78 is 5.23. The fourth-order valence-electron chi connectivity index (χ4n) is 3.23. The lowest BCUT2D eigenvalue weighted by molar-refractivity contribution is -0.124. The Morgan fingerprint density at radius 1 is 1.39 bits per heavy atom. The maximum absolute atomic E-state index is 12.4. The molecule has 1 atom stereocenters. The summed E-state index contributed by atoms with van der Waals surface area (Å²) in [5, 5.41) is 4.07. The molecule has 1 amide bonds. The monoisotopic (exact) mass is 395 g/mol. The molecular formula is C20H21N5O2S. The van der Waals surface area contributed by atoms with Crippen molar-refractivity contribution >= 4 is 34.3 Å². The average molecular weight is 395 g/mol. The second kappa shape index (κ2) is 7.93. The molecule has 1 saturated heterocycles. The van der Waals surface area contributed by atoms with Gasteiger partial charge in [0.1, 0.15) is 17.4 Å². The second-order valence-electron chi connectivity index (χ2n) is 6.74. The molecule has 0 radical (unpaired) electrons. The molecule has 144 valence electrons. The summed E-state index contributed by atoms with van der Waals surface area (Å²) in [4.78, 5) is 28.8. The fraction of sp³-hybridized carbons (Fsp3) is 0.300. The SMILES string of the molecule is Cc1nc(Nc2ncc(C)s2)cc(C2CCN(C(=O)/C=C/c3ccco3)C2)n1. The molecular weight excluding hydrogens is 374 g/mol. The normalized spacial score (nSPS) is 16.8. The summed E-state index contributed by atoms with van der Waals surface area (Å²) in [5.74, 6) is 2.29. The van der Waals surface area contributed by atoms with Crippen molar-refractivity contribution in [3.8, 4) is 0 Å². The number of rotatable bonds is 5. The summed E-state index contributed by atoms with van der Waals surface area (Å²) in [6.07, 6.45) is 7.56. The summed E-state index contributed by atoms with van der Waals surface area (Å²) in [6, 6.07) is 5.58. The number of likely N-dealkylation sites (tertiary alicyclic amines) is 1. The summed E-state index contributed by atoms with van der Waals surface area (Å²) in [7, 11) is 0. The van der Waals surface area contributed by atoms with Crippen LogP contribution >= 0.6 is 11.3 Å². The van der Waals surface area contributed by atoms with Crippen LogP contribution in [0.5, 0.6) is 0 Å². The van der Waals surface area contributed by atoms with E-state index in [0.717, 1.165) is 27.9 Å². The van der Waals surface area contributed by atoms with E-state index in [4.69, 9.17) is 4.42 Å². The first-order valence-corrected chi connectivity index (χ1v) is 9.94. The van der Waals surface area contributed by atoms with E-state index in [-0.39, 0.29) is 11.8 Å². The minimum Gasteiger partial charge on any atom is -0.465 e. The van der Waals surface area contributed by atoms with Gasteiger partial charge >= 0.3 is 0 Å². The number of aromatic nitrogens is 3. The van der Waals surface area contributed by atoms with Crippen molar-refractivity contribution in [2.45, 2.75) is 26.2 Å². The van der Waals surface area contributed by atoms with Crippen molar-refractivity contribution in [3.63, 3.8) is 0 Å². The molecule has 0 bridgehead atoms. The minimum absolute atomic E-state index is 0.0127. The standard InChI is InChI=1S/C20H21N5O2S/c1-13-11-21-20(28-13)24-18-10-17(22-14(2)23-18)15-7-8-25(12-15)19(26)6-5-16-4-3-9-27-16/h3-6,9-11,15H,7-8,12H2,1-2H3,(H,21,22,23,24)/b6-5+. The molecule has 4 rings (SSSR count). The van der Waals surface area contributed by atoms with Crippen molar-refractivity contribution in [2.24, 2.45) is 0 Å². The Kier molecular flexibility index (Phi) is 5.21. The lowest BCUT2D eigenvalue weighted by Crippen LogP contribution is -2.26. The number of thiazole rings is 1. The van der Waals surface area contributed by atoms with Crippen molar-refractivity contribution in [3.05, 3.63) is 58.9 Å². The van der Waals surface area contributed by atoms with Crippen molar-refractivity contribution < 1.29 is 9.21 Å². The molecule has 0 saturated carbocycles. The van der Waals surface area contributed by atoms with Gasteiger partial charge in [0.2, 0.25) is 5.91 Å². The van der Waals surface area contributed by atoms with Crippen LogP contribution in [0.15, 0.2) is 41.2 Å². The topological polar surface area (TPSA) is 84.2 Å². The van der Waals surface area contributed by atoms with E-state index in [1.165, 1.54) is 0 Å². The van der Waals surface area contributed by atoms with Gasteiger partial charge in [0.15, 0.2) is 5.13 Å². The number of hydrogen-bond acceptors (Lipinski definition) is 7. The molecule has 1 fully saturated rings. The molecule has 0 aromatic carbocycles. The zero-order valence-corrected chi connectivity index (χ0v) is 16.6. The van der Waals surface area contributed by atoms with Crippen molar-refractivity contribution in [1.82, 2.24) is 19.9 Å². The van der Waals surface area contributed by atoms with E-state index in [1.54, 1.807) is 35.8 Å². The Hall–Kier alpha value is -3.00. The Morgan fingerprint density at radius 3 is 3.04 bits per heavy atom. The van der Waals surface area contributed by atoms with Crippen LogP contribution in [0.4, 0.5) is 10.9 Å². The van der Waals surface area contributed by atoms with E-state index in [0.29, 0.717) is 24.7 Å². The van der Waals surface area contributed by atoms with Crippen LogP contribution in [-0.4, -0.2) is 38.8 Å². The summed E-state index contributed by atoms with van der Waals surface area (Å²) in [5.41, 5.74) is 0.952. The number of carbonyl (C=O) groups excluding carboxylic acids is 1. The maximum Gasteiger partial charge on any atom is 0.246 e. The molecule has 28 heavy (non-hydrogen) atoms. The van der Waals surface area contributed by atoms with E-state index < -0.39 is 0 Å². The quantitative estimate of drug-likeness (QED) is 0.659. The van der Waals surface area contributed by atoms with Crippen molar-refractivity contribution in [2.75, 3.05) is 18.4 Å². The van der Waals surface area contributed by atoms with Gasteiger partial charge in [-0.1, -0.05) is 0 Å². The van der Waals surface area contributed by atoms with E-state index >= 15 is 0 Å². The van der Waals surface area contributed by atoms with Gasteiger partial charge in [0.25, 0.3) is 0 Å². The highest BCUT2D eigenvalue weighted by Crippen LogP contribution is 2.29. The third-order valence-electron chi connectivity index (χ3n) is 4.57. The van der Waals surface area contributed by atoms with E-state index in [1.807, 2.05) is 37.1 Å². The van der Waals surface area contributed by atoms with Gasteiger partial charge in [-0.2, -0.15) is 0 Å². The van der Waals surface area contributed by atoms with Crippen LogP contribution in [0.1, 0.15) is 34.5 Å². The number of amides is 1. The van der Waals surface area contributed by atoms with Crippen LogP contribution in [-0.2, 0) is 4.79 Å². The van der Waals surface area contributed by atoms with E-state index in [9.17, 15) is 4.79 Å². The first kappa shape index (κ1) is 18.4. The van der Waals surface area contributed by atoms with E-state index in [2.05, 4.69) is 20.3 Å². The fourth-order valence-corrected chi connectivity index (χ4v) is 3.90. The molecule has 8 heteroatoms. The smallest absolute Gasteiger partial charge is 0.246 e. The number of anilines is 2. The Bertz CT molecular complexity index is 996. The lowest BCUT2D eigenvalue weighted by atomic mass is 10.0. The van der Waals surface area contributed by atoms with Gasteiger partial charge in [-0.25, -0.2) is 15.0 Å². The Morgan fingerprint density at radius 2 is 2.29 bits per heavy atom. The van der Waals surface area contributed by atoms with Gasteiger partial charge < -0.3 is 14.6 Å². The molecule has 7 nitrogen and oxygen atoms in total. The minimum atomic E-state index is -0.0127. The van der Waals surface area contributed by atoms with Gasteiger partial charge in [0.05, 0.1) is 12.0 Å². The molecule has 1 aliphatic heterocycles. The van der Waals surface area contributed by atoms with Crippen LogP contribution in [0.3, 0.4) is 0 Å².